The third kappa shape index (κ3) is 4.88. The fourth-order valence-corrected chi connectivity index (χ4v) is 3.94. The molecule has 0 aliphatic heterocycles. The number of aryl methyl sites for hydroxylation is 3. The molecule has 144 valence electrons. The van der Waals surface area contributed by atoms with Crippen molar-refractivity contribution in [1.82, 2.24) is 14.8 Å². The average Bonchev–Trinajstić information content (AvgIpc) is 3.35. The van der Waals surface area contributed by atoms with E-state index in [1.807, 2.05) is 25.3 Å². The first-order chi connectivity index (χ1) is 12.8. The van der Waals surface area contributed by atoms with Crippen molar-refractivity contribution in [2.75, 3.05) is 11.1 Å². The van der Waals surface area contributed by atoms with E-state index in [-0.39, 0.29) is 24.0 Å². The van der Waals surface area contributed by atoms with E-state index >= 15 is 0 Å². The molecule has 2 aromatic rings. The lowest BCUT2D eigenvalue weighted by molar-refractivity contribution is -0.118. The quantitative estimate of drug-likeness (QED) is 0.678. The monoisotopic (exact) mass is 387 g/mol. The van der Waals surface area contributed by atoms with Crippen LogP contribution in [0.5, 0.6) is 0 Å². The largest absolute Gasteiger partial charge is 0.370 e. The van der Waals surface area contributed by atoms with Crippen LogP contribution in [0.3, 0.4) is 0 Å². The van der Waals surface area contributed by atoms with Crippen molar-refractivity contribution in [3.05, 3.63) is 34.6 Å². The minimum absolute atomic E-state index is 0.0903. The van der Waals surface area contributed by atoms with E-state index in [9.17, 15) is 9.59 Å². The first-order valence-electron chi connectivity index (χ1n) is 9.07. The lowest BCUT2D eigenvalue weighted by atomic mass is 10.1. The predicted molar refractivity (Wildman–Crippen MR) is 106 cm³/mol. The van der Waals surface area contributed by atoms with Gasteiger partial charge in [0.15, 0.2) is 5.16 Å². The third-order valence-corrected chi connectivity index (χ3v) is 5.51. The number of benzene rings is 1. The summed E-state index contributed by atoms with van der Waals surface area (Å²) < 4.78 is 1.93. The van der Waals surface area contributed by atoms with Crippen LogP contribution in [-0.4, -0.2) is 32.3 Å². The number of hydrogen-bond donors (Lipinski definition) is 2. The number of aromatic nitrogens is 3. The Labute approximate surface area is 163 Å². The number of anilines is 1. The first-order valence-corrected chi connectivity index (χ1v) is 10.1. The van der Waals surface area contributed by atoms with Crippen LogP contribution in [0.4, 0.5) is 5.69 Å². The maximum absolute atomic E-state index is 12.4. The molecular formula is C19H25N5O2S. The molecule has 0 radical (unpaired) electrons. The molecule has 27 heavy (non-hydrogen) atoms. The van der Waals surface area contributed by atoms with E-state index in [4.69, 9.17) is 5.73 Å². The lowest BCUT2D eigenvalue weighted by Gasteiger charge is -2.13. The minimum Gasteiger partial charge on any atom is -0.370 e. The number of rotatable bonds is 8. The van der Waals surface area contributed by atoms with Crippen molar-refractivity contribution in [2.45, 2.75) is 57.7 Å². The number of hydrogen-bond acceptors (Lipinski definition) is 5. The van der Waals surface area contributed by atoms with Crippen LogP contribution in [0.15, 0.2) is 17.3 Å². The zero-order valence-electron chi connectivity index (χ0n) is 15.9. The van der Waals surface area contributed by atoms with Gasteiger partial charge in [0.2, 0.25) is 11.8 Å². The van der Waals surface area contributed by atoms with Crippen molar-refractivity contribution in [3.8, 4) is 0 Å². The van der Waals surface area contributed by atoms with Crippen molar-refractivity contribution >= 4 is 29.3 Å². The molecule has 7 nitrogen and oxygen atoms in total. The highest BCUT2D eigenvalue weighted by Gasteiger charge is 2.30. The Hall–Kier alpha value is -2.35. The number of primary amides is 1. The Balaban J connectivity index is 1.66. The zero-order valence-corrected chi connectivity index (χ0v) is 16.7. The molecule has 0 atom stereocenters. The molecule has 1 saturated carbocycles. The summed E-state index contributed by atoms with van der Waals surface area (Å²) in [5, 5.41) is 12.1. The molecule has 0 saturated heterocycles. The molecule has 1 heterocycles. The molecule has 8 heteroatoms. The van der Waals surface area contributed by atoms with E-state index < -0.39 is 0 Å². The zero-order chi connectivity index (χ0) is 19.6. The maximum Gasteiger partial charge on any atom is 0.234 e. The first kappa shape index (κ1) is 19.4. The van der Waals surface area contributed by atoms with E-state index in [0.717, 1.165) is 35.5 Å². The van der Waals surface area contributed by atoms with Gasteiger partial charge in [-0.25, -0.2) is 0 Å². The van der Waals surface area contributed by atoms with Gasteiger partial charge in [0.05, 0.1) is 5.75 Å². The fraction of sp³-hybridized carbons (Fsp3) is 0.474. The second-order valence-corrected chi connectivity index (χ2v) is 8.04. The van der Waals surface area contributed by atoms with Gasteiger partial charge in [0, 0.05) is 24.6 Å². The molecule has 3 rings (SSSR count). The van der Waals surface area contributed by atoms with Crippen LogP contribution < -0.4 is 11.1 Å². The molecule has 2 amide bonds. The number of amides is 2. The maximum atomic E-state index is 12.4. The molecule has 1 aliphatic carbocycles. The summed E-state index contributed by atoms with van der Waals surface area (Å²) in [4.78, 5) is 23.6. The number of nitrogens with one attached hydrogen (secondary N) is 1. The minimum atomic E-state index is -0.357. The summed E-state index contributed by atoms with van der Waals surface area (Å²) in [5.41, 5.74) is 9.41. The Morgan fingerprint density at radius 3 is 2.48 bits per heavy atom. The molecule has 1 fully saturated rings. The van der Waals surface area contributed by atoms with Crippen molar-refractivity contribution in [2.24, 2.45) is 5.73 Å². The van der Waals surface area contributed by atoms with Crippen molar-refractivity contribution in [1.29, 1.82) is 0 Å². The fourth-order valence-electron chi connectivity index (χ4n) is 3.17. The standard InChI is InChI=1S/C19H25N5O2S/c1-11-8-12(2)17(13(3)9-11)21-16(26)10-27-19-23-22-18(14-4-5-14)24(19)7-6-15(20)25/h8-9,14H,4-7,10H2,1-3H3,(H2,20,25)(H,21,26). The molecule has 1 aromatic heterocycles. The highest BCUT2D eigenvalue weighted by atomic mass is 32.2. The average molecular weight is 388 g/mol. The molecule has 0 bridgehead atoms. The van der Waals surface area contributed by atoms with Crippen LogP contribution in [0, 0.1) is 20.8 Å². The summed E-state index contributed by atoms with van der Waals surface area (Å²) in [5.74, 6) is 1.08. The molecular weight excluding hydrogens is 362 g/mol. The van der Waals surface area contributed by atoms with Gasteiger partial charge in [-0.05, 0) is 44.7 Å². The summed E-state index contributed by atoms with van der Waals surface area (Å²) in [6, 6.07) is 4.11. The van der Waals surface area contributed by atoms with Gasteiger partial charge in [-0.1, -0.05) is 29.5 Å². The Bertz CT molecular complexity index is 850. The Morgan fingerprint density at radius 2 is 1.89 bits per heavy atom. The second kappa shape index (κ2) is 8.12. The summed E-state index contributed by atoms with van der Waals surface area (Å²) >= 11 is 1.33. The normalized spacial score (nSPS) is 13.6. The van der Waals surface area contributed by atoms with Crippen molar-refractivity contribution < 1.29 is 9.59 Å². The number of carbonyl (C=O) groups is 2. The van der Waals surface area contributed by atoms with Crippen molar-refractivity contribution in [3.63, 3.8) is 0 Å². The Kier molecular flexibility index (Phi) is 5.84. The number of thioether (sulfide) groups is 1. The summed E-state index contributed by atoms with van der Waals surface area (Å²) in [6.07, 6.45) is 2.41. The van der Waals surface area contributed by atoms with E-state index in [0.29, 0.717) is 17.6 Å². The summed E-state index contributed by atoms with van der Waals surface area (Å²) in [6.45, 7) is 6.47. The SMILES string of the molecule is Cc1cc(C)c(NC(=O)CSc2nnc(C3CC3)n2CCC(N)=O)c(C)c1. The molecule has 1 aromatic carbocycles. The van der Waals surface area contributed by atoms with Gasteiger partial charge in [-0.2, -0.15) is 0 Å². The second-order valence-electron chi connectivity index (χ2n) is 7.09. The highest BCUT2D eigenvalue weighted by molar-refractivity contribution is 7.99. The van der Waals surface area contributed by atoms with Gasteiger partial charge >= 0.3 is 0 Å². The molecule has 1 aliphatic rings. The third-order valence-electron chi connectivity index (χ3n) is 4.54. The smallest absolute Gasteiger partial charge is 0.234 e. The predicted octanol–water partition coefficient (Wildman–Crippen LogP) is 2.69. The van der Waals surface area contributed by atoms with Crippen LogP contribution in [0.25, 0.3) is 0 Å². The van der Waals surface area contributed by atoms with Gasteiger partial charge in [-0.15, -0.1) is 10.2 Å². The van der Waals surface area contributed by atoms with Crippen LogP contribution in [0.1, 0.15) is 47.7 Å². The van der Waals surface area contributed by atoms with E-state index in [1.165, 1.54) is 17.3 Å². The summed E-state index contributed by atoms with van der Waals surface area (Å²) in [7, 11) is 0. The molecule has 0 spiro atoms. The number of carbonyl (C=O) groups excluding carboxylic acids is 2. The van der Waals surface area contributed by atoms with Crippen LogP contribution in [0.2, 0.25) is 0 Å². The molecule has 3 N–H and O–H groups in total. The molecule has 0 unspecified atom stereocenters. The number of nitrogens with two attached hydrogens (primary N) is 1. The van der Waals surface area contributed by atoms with E-state index in [1.54, 1.807) is 0 Å². The topological polar surface area (TPSA) is 103 Å². The van der Waals surface area contributed by atoms with Gasteiger partial charge < -0.3 is 15.6 Å². The van der Waals surface area contributed by atoms with Crippen LogP contribution >= 0.6 is 11.8 Å². The number of nitrogens with zero attached hydrogens (tertiary/aromatic N) is 3. The van der Waals surface area contributed by atoms with Crippen LogP contribution in [-0.2, 0) is 16.1 Å². The lowest BCUT2D eigenvalue weighted by Crippen LogP contribution is -2.18. The van der Waals surface area contributed by atoms with Gasteiger partial charge in [0.25, 0.3) is 0 Å². The Morgan fingerprint density at radius 1 is 1.22 bits per heavy atom. The highest BCUT2D eigenvalue weighted by Crippen LogP contribution is 2.40. The van der Waals surface area contributed by atoms with Gasteiger partial charge in [0.1, 0.15) is 5.82 Å². The van der Waals surface area contributed by atoms with Gasteiger partial charge in [-0.3, -0.25) is 9.59 Å². The van der Waals surface area contributed by atoms with E-state index in [2.05, 4.69) is 27.6 Å².